The number of hydrogen-bond donors (Lipinski definition) is 1. The van der Waals surface area contributed by atoms with Crippen molar-refractivity contribution < 1.29 is 23.8 Å². The Morgan fingerprint density at radius 3 is 2.52 bits per heavy atom. The maximum atomic E-state index is 13.4. The number of rotatable bonds is 6. The predicted octanol–water partition coefficient (Wildman–Crippen LogP) is 3.42. The second-order valence-corrected chi connectivity index (χ2v) is 5.92. The maximum Gasteiger partial charge on any atom is 0.324 e. The zero-order valence-electron chi connectivity index (χ0n) is 12.2. The van der Waals surface area contributed by atoms with Crippen molar-refractivity contribution in [3.05, 3.63) is 34.1 Å². The van der Waals surface area contributed by atoms with E-state index >= 15 is 0 Å². The van der Waals surface area contributed by atoms with Crippen molar-refractivity contribution in [2.45, 2.75) is 27.2 Å². The zero-order chi connectivity index (χ0) is 16.2. The number of hydrogen-bond acceptors (Lipinski definition) is 3. The number of carboxylic acid groups (broad SMARTS) is 1. The Hall–Kier alpha value is -1.43. The number of ether oxygens (including phenoxy) is 1. The van der Waals surface area contributed by atoms with Gasteiger partial charge in [-0.25, -0.2) is 4.39 Å². The topological polar surface area (TPSA) is 63.6 Å². The van der Waals surface area contributed by atoms with E-state index < -0.39 is 29.1 Å². The summed E-state index contributed by atoms with van der Waals surface area (Å²) in [5.41, 5.74) is -1.33. The van der Waals surface area contributed by atoms with E-state index in [2.05, 4.69) is 15.9 Å². The smallest absolute Gasteiger partial charge is 0.324 e. The van der Waals surface area contributed by atoms with Crippen molar-refractivity contribution in [1.82, 2.24) is 0 Å². The van der Waals surface area contributed by atoms with Crippen molar-refractivity contribution in [1.29, 1.82) is 0 Å². The molecule has 1 aromatic carbocycles. The summed E-state index contributed by atoms with van der Waals surface area (Å²) in [6.07, 6.45) is -0.142. The third kappa shape index (κ3) is 3.61. The number of carboxylic acids is 1. The van der Waals surface area contributed by atoms with Crippen LogP contribution < -0.4 is 0 Å². The molecule has 0 saturated carbocycles. The van der Waals surface area contributed by atoms with Crippen molar-refractivity contribution in [2.75, 3.05) is 6.61 Å². The van der Waals surface area contributed by atoms with E-state index in [1.54, 1.807) is 20.8 Å². The van der Waals surface area contributed by atoms with Gasteiger partial charge >= 0.3 is 11.9 Å². The summed E-state index contributed by atoms with van der Waals surface area (Å²) < 4.78 is 18.9. The molecule has 1 atom stereocenters. The molecule has 116 valence electrons. The van der Waals surface area contributed by atoms with Crippen molar-refractivity contribution in [2.24, 2.45) is 11.3 Å². The van der Waals surface area contributed by atoms with Gasteiger partial charge in [0, 0.05) is 10.9 Å². The SMILES string of the molecule is CCOC(=O)C(Cc1cc(F)ccc1Br)(C(=O)O)C(C)C. The minimum absolute atomic E-state index is 0.0882. The lowest BCUT2D eigenvalue weighted by molar-refractivity contribution is -0.172. The van der Waals surface area contributed by atoms with Crippen molar-refractivity contribution >= 4 is 27.9 Å². The zero-order valence-corrected chi connectivity index (χ0v) is 13.7. The molecule has 1 aromatic rings. The summed E-state index contributed by atoms with van der Waals surface area (Å²) in [5.74, 6) is -3.07. The molecular formula is C15H18BrFO4. The van der Waals surface area contributed by atoms with Gasteiger partial charge in [-0.15, -0.1) is 0 Å². The Kier molecular flexibility index (Phi) is 5.89. The van der Waals surface area contributed by atoms with Crippen LogP contribution in [-0.4, -0.2) is 23.7 Å². The summed E-state index contributed by atoms with van der Waals surface area (Å²) in [7, 11) is 0. The number of halogens is 2. The summed E-state index contributed by atoms with van der Waals surface area (Å²) in [6.45, 7) is 4.98. The average Bonchev–Trinajstić information content (AvgIpc) is 2.39. The molecule has 0 aliphatic rings. The summed E-state index contributed by atoms with van der Waals surface area (Å²) in [6, 6.07) is 3.97. The number of aliphatic carboxylic acids is 1. The molecule has 0 heterocycles. The Morgan fingerprint density at radius 2 is 2.05 bits per heavy atom. The van der Waals surface area contributed by atoms with Gasteiger partial charge in [0.05, 0.1) is 6.61 Å². The van der Waals surface area contributed by atoms with Crippen LogP contribution in [0.5, 0.6) is 0 Å². The van der Waals surface area contributed by atoms with Crippen LogP contribution in [0.4, 0.5) is 4.39 Å². The first-order chi connectivity index (χ1) is 9.75. The van der Waals surface area contributed by atoms with Crippen LogP contribution in [0.3, 0.4) is 0 Å². The molecule has 0 bridgehead atoms. The highest BCUT2D eigenvalue weighted by atomic mass is 79.9. The quantitative estimate of drug-likeness (QED) is 0.623. The molecule has 0 fully saturated rings. The third-order valence-corrected chi connectivity index (χ3v) is 4.26. The van der Waals surface area contributed by atoms with Crippen molar-refractivity contribution in [3.8, 4) is 0 Å². The molecule has 0 amide bonds. The number of carbonyl (C=O) groups is 2. The van der Waals surface area contributed by atoms with E-state index in [0.717, 1.165) is 0 Å². The summed E-state index contributed by atoms with van der Waals surface area (Å²) in [5, 5.41) is 9.60. The second kappa shape index (κ2) is 7.02. The van der Waals surface area contributed by atoms with Gasteiger partial charge in [-0.05, 0) is 36.6 Å². The fraction of sp³-hybridized carbons (Fsp3) is 0.467. The predicted molar refractivity (Wildman–Crippen MR) is 79.3 cm³/mol. The first kappa shape index (κ1) is 17.6. The minimum atomic E-state index is -1.74. The van der Waals surface area contributed by atoms with E-state index in [1.807, 2.05) is 0 Å². The minimum Gasteiger partial charge on any atom is -0.480 e. The van der Waals surface area contributed by atoms with Crippen LogP contribution in [0, 0.1) is 17.2 Å². The molecule has 0 radical (unpaired) electrons. The van der Waals surface area contributed by atoms with Crippen LogP contribution in [0.1, 0.15) is 26.3 Å². The molecule has 1 N–H and O–H groups in total. The fourth-order valence-corrected chi connectivity index (χ4v) is 2.55. The van der Waals surface area contributed by atoms with E-state index in [-0.39, 0.29) is 13.0 Å². The molecule has 0 aromatic heterocycles. The van der Waals surface area contributed by atoms with Gasteiger partial charge in [0.2, 0.25) is 0 Å². The number of esters is 1. The van der Waals surface area contributed by atoms with Gasteiger partial charge < -0.3 is 9.84 Å². The van der Waals surface area contributed by atoms with Crippen LogP contribution in [-0.2, 0) is 20.7 Å². The highest BCUT2D eigenvalue weighted by Gasteiger charge is 2.50. The molecule has 4 nitrogen and oxygen atoms in total. The molecule has 1 rings (SSSR count). The van der Waals surface area contributed by atoms with Gasteiger partial charge in [0.1, 0.15) is 5.82 Å². The monoisotopic (exact) mass is 360 g/mol. The molecule has 0 spiro atoms. The lowest BCUT2D eigenvalue weighted by Gasteiger charge is -2.31. The third-order valence-electron chi connectivity index (χ3n) is 3.48. The highest BCUT2D eigenvalue weighted by molar-refractivity contribution is 9.10. The van der Waals surface area contributed by atoms with Crippen LogP contribution in [0.25, 0.3) is 0 Å². The Balaban J connectivity index is 3.33. The Bertz CT molecular complexity index is 544. The number of benzene rings is 1. The number of carbonyl (C=O) groups excluding carboxylic acids is 1. The van der Waals surface area contributed by atoms with Crippen molar-refractivity contribution in [3.63, 3.8) is 0 Å². The van der Waals surface area contributed by atoms with E-state index in [0.29, 0.717) is 10.0 Å². The van der Waals surface area contributed by atoms with Gasteiger partial charge in [-0.1, -0.05) is 29.8 Å². The first-order valence-electron chi connectivity index (χ1n) is 6.60. The van der Waals surface area contributed by atoms with Gasteiger partial charge in [0.15, 0.2) is 5.41 Å². The molecular weight excluding hydrogens is 343 g/mol. The lowest BCUT2D eigenvalue weighted by atomic mass is 9.72. The normalized spacial score (nSPS) is 13.8. The largest absolute Gasteiger partial charge is 0.480 e. The standard InChI is InChI=1S/C15H18BrFO4/c1-4-21-14(20)15(9(2)3,13(18)19)8-10-7-11(17)5-6-12(10)16/h5-7,9H,4,8H2,1-3H3,(H,18,19). The van der Waals surface area contributed by atoms with E-state index in [4.69, 9.17) is 4.74 Å². The van der Waals surface area contributed by atoms with Gasteiger partial charge in [-0.3, -0.25) is 9.59 Å². The molecule has 21 heavy (non-hydrogen) atoms. The molecule has 0 saturated heterocycles. The molecule has 6 heteroatoms. The van der Waals surface area contributed by atoms with Crippen LogP contribution in [0.15, 0.2) is 22.7 Å². The second-order valence-electron chi connectivity index (χ2n) is 5.06. The van der Waals surface area contributed by atoms with E-state index in [1.165, 1.54) is 18.2 Å². The van der Waals surface area contributed by atoms with Crippen LogP contribution in [0.2, 0.25) is 0 Å². The first-order valence-corrected chi connectivity index (χ1v) is 7.39. The fourth-order valence-electron chi connectivity index (χ4n) is 2.16. The van der Waals surface area contributed by atoms with Gasteiger partial charge in [0.25, 0.3) is 0 Å². The van der Waals surface area contributed by atoms with Gasteiger partial charge in [-0.2, -0.15) is 0 Å². The average molecular weight is 361 g/mol. The molecule has 1 unspecified atom stereocenters. The Morgan fingerprint density at radius 1 is 1.43 bits per heavy atom. The van der Waals surface area contributed by atoms with Crippen LogP contribution >= 0.6 is 15.9 Å². The molecule has 0 aliphatic heterocycles. The lowest BCUT2D eigenvalue weighted by Crippen LogP contribution is -2.47. The summed E-state index contributed by atoms with van der Waals surface area (Å²) in [4.78, 5) is 24.0. The molecule has 0 aliphatic carbocycles. The highest BCUT2D eigenvalue weighted by Crippen LogP contribution is 2.36. The summed E-state index contributed by atoms with van der Waals surface area (Å²) >= 11 is 3.26. The Labute approximate surface area is 131 Å². The van der Waals surface area contributed by atoms with E-state index in [9.17, 15) is 19.1 Å². The maximum absolute atomic E-state index is 13.4.